The topological polar surface area (TPSA) is 15.3 Å². The molecule has 1 fully saturated rings. The van der Waals surface area contributed by atoms with E-state index < -0.39 is 0 Å². The smallest absolute Gasteiger partial charge is 0.00965 e. The van der Waals surface area contributed by atoms with E-state index in [1.54, 1.807) is 0 Å². The van der Waals surface area contributed by atoms with Gasteiger partial charge in [-0.25, -0.2) is 0 Å². The number of piperidine rings is 1. The predicted molar refractivity (Wildman–Crippen MR) is 76.4 cm³/mol. The van der Waals surface area contributed by atoms with E-state index in [0.29, 0.717) is 0 Å². The fourth-order valence-electron chi connectivity index (χ4n) is 2.48. The molecule has 0 aromatic heterocycles. The van der Waals surface area contributed by atoms with Crippen molar-refractivity contribution in [3.8, 4) is 0 Å². The van der Waals surface area contributed by atoms with E-state index in [1.807, 2.05) is 0 Å². The molecule has 2 nitrogen and oxygen atoms in total. The summed E-state index contributed by atoms with van der Waals surface area (Å²) in [6.07, 6.45) is 4.03. The second kappa shape index (κ2) is 6.75. The van der Waals surface area contributed by atoms with Crippen LogP contribution in [-0.2, 0) is 0 Å². The third kappa shape index (κ3) is 6.42. The molecule has 1 N–H and O–H groups in total. The Hall–Kier alpha value is -0.0800. The average molecular weight is 240 g/mol. The first-order valence-corrected chi connectivity index (χ1v) is 7.36. The van der Waals surface area contributed by atoms with E-state index in [4.69, 9.17) is 0 Å². The van der Waals surface area contributed by atoms with Crippen molar-refractivity contribution in [2.24, 2.45) is 11.8 Å². The van der Waals surface area contributed by atoms with E-state index in [-0.39, 0.29) is 5.54 Å². The summed E-state index contributed by atoms with van der Waals surface area (Å²) in [6, 6.07) is 0. The molecule has 1 aliphatic rings. The molecule has 0 radical (unpaired) electrons. The normalized spacial score (nSPS) is 27.4. The molecule has 0 aliphatic carbocycles. The third-order valence-corrected chi connectivity index (χ3v) is 3.97. The molecule has 2 heteroatoms. The maximum atomic E-state index is 3.56. The van der Waals surface area contributed by atoms with Crippen molar-refractivity contribution in [3.63, 3.8) is 0 Å². The highest BCUT2D eigenvalue weighted by molar-refractivity contribution is 4.75. The third-order valence-electron chi connectivity index (χ3n) is 3.97. The largest absolute Gasteiger partial charge is 0.312 e. The van der Waals surface area contributed by atoms with Gasteiger partial charge in [-0.3, -0.25) is 0 Å². The van der Waals surface area contributed by atoms with E-state index in [9.17, 15) is 0 Å². The molecular formula is C15H32N2. The Kier molecular flexibility index (Phi) is 5.94. The SMILES string of the molecule is CC1CCN(CCCCNC(C)(C)C)CC1C. The first-order valence-electron chi connectivity index (χ1n) is 7.36. The van der Waals surface area contributed by atoms with Crippen LogP contribution in [0.5, 0.6) is 0 Å². The molecule has 0 bridgehead atoms. The number of likely N-dealkylation sites (tertiary alicyclic amines) is 1. The predicted octanol–water partition coefficient (Wildman–Crippen LogP) is 3.13. The summed E-state index contributed by atoms with van der Waals surface area (Å²) in [6.45, 7) is 16.6. The summed E-state index contributed by atoms with van der Waals surface area (Å²) in [4.78, 5) is 2.65. The van der Waals surface area contributed by atoms with Crippen LogP contribution in [0.25, 0.3) is 0 Å². The van der Waals surface area contributed by atoms with Gasteiger partial charge in [0.05, 0.1) is 0 Å². The van der Waals surface area contributed by atoms with Crippen molar-refractivity contribution in [2.45, 2.75) is 59.4 Å². The average Bonchev–Trinajstić information content (AvgIpc) is 2.21. The Morgan fingerprint density at radius 1 is 1.12 bits per heavy atom. The second-order valence-corrected chi connectivity index (χ2v) is 6.93. The maximum absolute atomic E-state index is 3.56. The number of rotatable bonds is 5. The number of nitrogens with one attached hydrogen (secondary N) is 1. The summed E-state index contributed by atoms with van der Waals surface area (Å²) in [7, 11) is 0. The first-order chi connectivity index (χ1) is 7.88. The van der Waals surface area contributed by atoms with Crippen molar-refractivity contribution in [2.75, 3.05) is 26.2 Å². The number of hydrogen-bond donors (Lipinski definition) is 1. The molecule has 0 aromatic rings. The summed E-state index contributed by atoms with van der Waals surface area (Å²) in [5.41, 5.74) is 0.273. The zero-order valence-electron chi connectivity index (χ0n) is 12.6. The van der Waals surface area contributed by atoms with E-state index in [1.165, 1.54) is 38.9 Å². The summed E-state index contributed by atoms with van der Waals surface area (Å²) in [5, 5.41) is 3.56. The molecule has 102 valence electrons. The minimum absolute atomic E-state index is 0.273. The highest BCUT2D eigenvalue weighted by atomic mass is 15.1. The van der Waals surface area contributed by atoms with Crippen LogP contribution >= 0.6 is 0 Å². The van der Waals surface area contributed by atoms with Crippen LogP contribution in [0.15, 0.2) is 0 Å². The fraction of sp³-hybridized carbons (Fsp3) is 1.00. The van der Waals surface area contributed by atoms with Gasteiger partial charge in [0, 0.05) is 12.1 Å². The van der Waals surface area contributed by atoms with Gasteiger partial charge in [-0.15, -0.1) is 0 Å². The highest BCUT2D eigenvalue weighted by Gasteiger charge is 2.21. The molecule has 1 saturated heterocycles. The monoisotopic (exact) mass is 240 g/mol. The van der Waals surface area contributed by atoms with Crippen LogP contribution < -0.4 is 5.32 Å². The zero-order valence-corrected chi connectivity index (χ0v) is 12.6. The lowest BCUT2D eigenvalue weighted by atomic mass is 9.88. The van der Waals surface area contributed by atoms with Gasteiger partial charge in [0.25, 0.3) is 0 Å². The molecule has 17 heavy (non-hydrogen) atoms. The Morgan fingerprint density at radius 2 is 1.82 bits per heavy atom. The molecule has 2 unspecified atom stereocenters. The van der Waals surface area contributed by atoms with Gasteiger partial charge in [0.1, 0.15) is 0 Å². The number of hydrogen-bond acceptors (Lipinski definition) is 2. The van der Waals surface area contributed by atoms with Gasteiger partial charge in [-0.05, 0) is 71.5 Å². The first kappa shape index (κ1) is 15.0. The minimum atomic E-state index is 0.273. The van der Waals surface area contributed by atoms with Crippen LogP contribution in [0.1, 0.15) is 53.9 Å². The standard InChI is InChI=1S/C15H32N2/c1-13-8-11-17(12-14(13)2)10-7-6-9-16-15(3,4)5/h13-14,16H,6-12H2,1-5H3. The summed E-state index contributed by atoms with van der Waals surface area (Å²) >= 11 is 0. The van der Waals surface area contributed by atoms with E-state index in [2.05, 4.69) is 44.8 Å². The van der Waals surface area contributed by atoms with Gasteiger partial charge >= 0.3 is 0 Å². The lowest BCUT2D eigenvalue weighted by molar-refractivity contribution is 0.136. The molecule has 2 atom stereocenters. The van der Waals surface area contributed by atoms with E-state index >= 15 is 0 Å². The lowest BCUT2D eigenvalue weighted by Crippen LogP contribution is -2.39. The van der Waals surface area contributed by atoms with Gasteiger partial charge in [-0.1, -0.05) is 13.8 Å². The number of unbranched alkanes of at least 4 members (excludes halogenated alkanes) is 1. The Labute approximate surface area is 108 Å². The molecule has 1 aliphatic heterocycles. The summed E-state index contributed by atoms with van der Waals surface area (Å²) < 4.78 is 0. The Bertz CT molecular complexity index is 207. The maximum Gasteiger partial charge on any atom is 0.00965 e. The molecule has 0 saturated carbocycles. The van der Waals surface area contributed by atoms with Gasteiger partial charge in [-0.2, -0.15) is 0 Å². The molecule has 0 amide bonds. The van der Waals surface area contributed by atoms with Crippen molar-refractivity contribution < 1.29 is 0 Å². The molecule has 0 aromatic carbocycles. The van der Waals surface area contributed by atoms with Gasteiger partial charge < -0.3 is 10.2 Å². The molecular weight excluding hydrogens is 208 g/mol. The van der Waals surface area contributed by atoms with Gasteiger partial charge in [0.15, 0.2) is 0 Å². The molecule has 1 rings (SSSR count). The van der Waals surface area contributed by atoms with Crippen molar-refractivity contribution in [3.05, 3.63) is 0 Å². The van der Waals surface area contributed by atoms with Crippen molar-refractivity contribution in [1.29, 1.82) is 0 Å². The molecule has 0 spiro atoms. The van der Waals surface area contributed by atoms with Crippen molar-refractivity contribution in [1.82, 2.24) is 10.2 Å². The fourth-order valence-corrected chi connectivity index (χ4v) is 2.48. The molecule has 1 heterocycles. The van der Waals surface area contributed by atoms with Crippen LogP contribution in [0.2, 0.25) is 0 Å². The Morgan fingerprint density at radius 3 is 2.41 bits per heavy atom. The van der Waals surface area contributed by atoms with Crippen LogP contribution in [-0.4, -0.2) is 36.6 Å². The van der Waals surface area contributed by atoms with Crippen molar-refractivity contribution >= 4 is 0 Å². The van der Waals surface area contributed by atoms with Crippen LogP contribution in [0.3, 0.4) is 0 Å². The minimum Gasteiger partial charge on any atom is -0.312 e. The van der Waals surface area contributed by atoms with Crippen LogP contribution in [0.4, 0.5) is 0 Å². The quantitative estimate of drug-likeness (QED) is 0.743. The number of nitrogens with zero attached hydrogens (tertiary/aromatic N) is 1. The lowest BCUT2D eigenvalue weighted by Gasteiger charge is -2.35. The van der Waals surface area contributed by atoms with E-state index in [0.717, 1.165) is 18.4 Å². The second-order valence-electron chi connectivity index (χ2n) is 6.93. The van der Waals surface area contributed by atoms with Crippen LogP contribution in [0, 0.1) is 11.8 Å². The zero-order chi connectivity index (χ0) is 12.9. The highest BCUT2D eigenvalue weighted by Crippen LogP contribution is 2.22. The van der Waals surface area contributed by atoms with Gasteiger partial charge in [0.2, 0.25) is 0 Å². The Balaban J connectivity index is 2.04. The summed E-state index contributed by atoms with van der Waals surface area (Å²) in [5.74, 6) is 1.81.